The monoisotopic (exact) mass is 457 g/mol. The van der Waals surface area contributed by atoms with Crippen molar-refractivity contribution in [1.29, 1.82) is 0 Å². The van der Waals surface area contributed by atoms with Gasteiger partial charge < -0.3 is 10.5 Å². The van der Waals surface area contributed by atoms with E-state index in [1.54, 1.807) is 18.6 Å². The van der Waals surface area contributed by atoms with Crippen LogP contribution in [0.4, 0.5) is 5.82 Å². The molecule has 1 aliphatic rings. The fourth-order valence-corrected chi connectivity index (χ4v) is 4.51. The second kappa shape index (κ2) is 10.2. The molecule has 2 N–H and O–H groups in total. The predicted octanol–water partition coefficient (Wildman–Crippen LogP) is 4.37. The molecule has 1 aliphatic heterocycles. The van der Waals surface area contributed by atoms with Crippen molar-refractivity contribution in [3.8, 4) is 6.01 Å². The summed E-state index contributed by atoms with van der Waals surface area (Å²) in [4.78, 5) is 15.7. The largest absolute Gasteiger partial charge is 0.455 e. The maximum Gasteiger partial charge on any atom is 0.321 e. The summed E-state index contributed by atoms with van der Waals surface area (Å²) in [5, 5.41) is 5.26. The summed E-state index contributed by atoms with van der Waals surface area (Å²) < 4.78 is 8.07. The fraction of sp³-hybridized carbons (Fsp3) is 0.385. The molecule has 3 aromatic heterocycles. The molecule has 8 nitrogen and oxygen atoms in total. The maximum absolute atomic E-state index is 6.25. The van der Waals surface area contributed by atoms with Crippen LogP contribution in [0.2, 0.25) is 0 Å². The normalized spacial score (nSPS) is 15.1. The molecule has 8 heteroatoms. The molecule has 1 saturated heterocycles. The highest BCUT2D eigenvalue weighted by Crippen LogP contribution is 2.27. The Labute approximate surface area is 199 Å². The Hall–Kier alpha value is -3.52. The van der Waals surface area contributed by atoms with Crippen molar-refractivity contribution in [2.45, 2.75) is 51.8 Å². The Morgan fingerprint density at radius 1 is 0.971 bits per heavy atom. The highest BCUT2D eigenvalue weighted by molar-refractivity contribution is 5.85. The topological polar surface area (TPSA) is 95.0 Å². The Bertz CT molecular complexity index is 1220. The van der Waals surface area contributed by atoms with Crippen LogP contribution >= 0.6 is 0 Å². The van der Waals surface area contributed by atoms with Gasteiger partial charge in [0.05, 0.1) is 18.1 Å². The van der Waals surface area contributed by atoms with Crippen LogP contribution < -0.4 is 10.5 Å². The van der Waals surface area contributed by atoms with Crippen LogP contribution in [0.15, 0.2) is 55.0 Å². The molecule has 0 spiro atoms. The molecule has 4 aromatic rings. The number of rotatable bonds is 9. The van der Waals surface area contributed by atoms with Gasteiger partial charge in [0, 0.05) is 18.9 Å². The Morgan fingerprint density at radius 3 is 2.38 bits per heavy atom. The summed E-state index contributed by atoms with van der Waals surface area (Å²) in [5.41, 5.74) is 10.5. The fourth-order valence-electron chi connectivity index (χ4n) is 4.51. The van der Waals surface area contributed by atoms with Crippen LogP contribution in [0.25, 0.3) is 11.0 Å². The van der Waals surface area contributed by atoms with Gasteiger partial charge in [-0.2, -0.15) is 15.1 Å². The summed E-state index contributed by atoms with van der Waals surface area (Å²) in [6.45, 7) is 6.15. The van der Waals surface area contributed by atoms with E-state index in [0.717, 1.165) is 35.9 Å². The van der Waals surface area contributed by atoms with Crippen LogP contribution in [-0.2, 0) is 13.1 Å². The third kappa shape index (κ3) is 5.02. The first kappa shape index (κ1) is 22.3. The van der Waals surface area contributed by atoms with Gasteiger partial charge in [0.1, 0.15) is 11.9 Å². The molecule has 0 radical (unpaired) electrons. The first-order valence-electron chi connectivity index (χ1n) is 12.1. The third-order valence-corrected chi connectivity index (χ3v) is 6.34. The molecule has 0 bridgehead atoms. The first-order chi connectivity index (χ1) is 16.7. The van der Waals surface area contributed by atoms with E-state index in [4.69, 9.17) is 15.5 Å². The molecule has 1 unspecified atom stereocenters. The Morgan fingerprint density at radius 2 is 1.68 bits per heavy atom. The average Bonchev–Trinajstić information content (AvgIpc) is 3.51. The van der Waals surface area contributed by atoms with Gasteiger partial charge >= 0.3 is 6.01 Å². The van der Waals surface area contributed by atoms with Crippen molar-refractivity contribution in [3.63, 3.8) is 0 Å². The van der Waals surface area contributed by atoms with Gasteiger partial charge in [-0.25, -0.2) is 4.68 Å². The molecule has 0 aliphatic carbocycles. The van der Waals surface area contributed by atoms with Crippen molar-refractivity contribution in [1.82, 2.24) is 29.6 Å². The number of anilines is 1. The lowest BCUT2D eigenvalue weighted by Crippen LogP contribution is -2.18. The van der Waals surface area contributed by atoms with E-state index in [-0.39, 0.29) is 12.1 Å². The number of hydrogen-bond donors (Lipinski definition) is 1. The molecular formula is C26H31N7O. The van der Waals surface area contributed by atoms with E-state index in [1.807, 2.05) is 16.8 Å². The van der Waals surface area contributed by atoms with Gasteiger partial charge in [0.25, 0.3) is 0 Å². The molecule has 34 heavy (non-hydrogen) atoms. The Balaban J connectivity index is 1.35. The van der Waals surface area contributed by atoms with E-state index in [9.17, 15) is 0 Å². The standard InChI is InChI=1S/C26H31N7O/c1-2-5-23(21-10-12-28-13-11-21)34-26-30-24(27)22-16-29-33(25(22)31-26)18-20-8-6-19(7-9-20)17-32-14-3-4-15-32/h6-13,16,23H,2-5,14-15,17-18H2,1H3,(H2,27,30,31). The smallest absolute Gasteiger partial charge is 0.321 e. The highest BCUT2D eigenvalue weighted by Gasteiger charge is 2.18. The number of pyridine rings is 1. The first-order valence-corrected chi connectivity index (χ1v) is 12.1. The lowest BCUT2D eigenvalue weighted by Gasteiger charge is -2.17. The highest BCUT2D eigenvalue weighted by atomic mass is 16.5. The van der Waals surface area contributed by atoms with E-state index < -0.39 is 0 Å². The van der Waals surface area contributed by atoms with Crippen LogP contribution in [0.5, 0.6) is 6.01 Å². The zero-order chi connectivity index (χ0) is 23.3. The number of fused-ring (bicyclic) bond motifs is 1. The molecular weight excluding hydrogens is 426 g/mol. The summed E-state index contributed by atoms with van der Waals surface area (Å²) >= 11 is 0. The van der Waals surface area contributed by atoms with Crippen molar-refractivity contribution >= 4 is 16.9 Å². The lowest BCUT2D eigenvalue weighted by atomic mass is 10.1. The summed E-state index contributed by atoms with van der Waals surface area (Å²) in [7, 11) is 0. The van der Waals surface area contributed by atoms with Crippen LogP contribution in [0, 0.1) is 0 Å². The maximum atomic E-state index is 6.25. The second-order valence-electron chi connectivity index (χ2n) is 8.91. The molecule has 4 heterocycles. The minimum Gasteiger partial charge on any atom is -0.455 e. The van der Waals surface area contributed by atoms with Crippen molar-refractivity contribution in [2.75, 3.05) is 18.8 Å². The third-order valence-electron chi connectivity index (χ3n) is 6.34. The number of likely N-dealkylation sites (tertiary alicyclic amines) is 1. The van der Waals surface area contributed by atoms with Crippen molar-refractivity contribution < 1.29 is 4.74 Å². The number of ether oxygens (including phenoxy) is 1. The molecule has 5 rings (SSSR count). The average molecular weight is 458 g/mol. The van der Waals surface area contributed by atoms with Gasteiger partial charge in [-0.1, -0.05) is 37.6 Å². The summed E-state index contributed by atoms with van der Waals surface area (Å²) in [6.07, 6.45) is 9.53. The summed E-state index contributed by atoms with van der Waals surface area (Å²) in [6, 6.07) is 12.9. The van der Waals surface area contributed by atoms with E-state index in [2.05, 4.69) is 51.2 Å². The molecule has 1 atom stereocenters. The van der Waals surface area contributed by atoms with Crippen LogP contribution in [0.1, 0.15) is 55.4 Å². The van der Waals surface area contributed by atoms with Gasteiger partial charge in [0.2, 0.25) is 0 Å². The SMILES string of the molecule is CCCC(Oc1nc(N)c2cnn(Cc3ccc(CN4CCCC4)cc3)c2n1)c1ccncc1. The minimum absolute atomic E-state index is 0.163. The van der Waals surface area contributed by atoms with Gasteiger partial charge in [0.15, 0.2) is 5.65 Å². The predicted molar refractivity (Wildman–Crippen MR) is 132 cm³/mol. The zero-order valence-electron chi connectivity index (χ0n) is 19.6. The van der Waals surface area contributed by atoms with Gasteiger partial charge in [-0.05, 0) is 61.2 Å². The van der Waals surface area contributed by atoms with Gasteiger partial charge in [-0.15, -0.1) is 0 Å². The number of nitrogen functional groups attached to an aromatic ring is 1. The minimum atomic E-state index is -0.163. The number of nitrogens with zero attached hydrogens (tertiary/aromatic N) is 6. The summed E-state index contributed by atoms with van der Waals surface area (Å²) in [5.74, 6) is 0.372. The Kier molecular flexibility index (Phi) is 6.67. The van der Waals surface area contributed by atoms with Crippen LogP contribution in [-0.4, -0.2) is 42.7 Å². The van der Waals surface area contributed by atoms with Crippen molar-refractivity contribution in [3.05, 3.63) is 71.7 Å². The molecule has 0 saturated carbocycles. The molecule has 1 fully saturated rings. The molecule has 176 valence electrons. The molecule has 1 aromatic carbocycles. The van der Waals surface area contributed by atoms with Crippen molar-refractivity contribution in [2.24, 2.45) is 0 Å². The van der Waals surface area contributed by atoms with Gasteiger partial charge in [-0.3, -0.25) is 9.88 Å². The van der Waals surface area contributed by atoms with E-state index >= 15 is 0 Å². The zero-order valence-corrected chi connectivity index (χ0v) is 19.6. The second-order valence-corrected chi connectivity index (χ2v) is 8.91. The van der Waals surface area contributed by atoms with Crippen LogP contribution in [0.3, 0.4) is 0 Å². The number of nitrogens with two attached hydrogens (primary N) is 1. The lowest BCUT2D eigenvalue weighted by molar-refractivity contribution is 0.177. The number of benzene rings is 1. The van der Waals surface area contributed by atoms with E-state index in [0.29, 0.717) is 18.0 Å². The quantitative estimate of drug-likeness (QED) is 0.399. The van der Waals surface area contributed by atoms with E-state index in [1.165, 1.54) is 31.5 Å². The number of aromatic nitrogens is 5. The number of hydrogen-bond acceptors (Lipinski definition) is 7. The molecule has 0 amide bonds.